The molecule has 0 fully saturated rings. The number of amides is 1. The van der Waals surface area contributed by atoms with Gasteiger partial charge in [0.25, 0.3) is 11.5 Å². The van der Waals surface area contributed by atoms with Crippen molar-refractivity contribution in [1.82, 2.24) is 9.99 Å². The van der Waals surface area contributed by atoms with Crippen LogP contribution < -0.4 is 20.5 Å². The van der Waals surface area contributed by atoms with E-state index in [1.807, 2.05) is 19.1 Å². The van der Waals surface area contributed by atoms with Crippen molar-refractivity contribution in [2.45, 2.75) is 13.5 Å². The lowest BCUT2D eigenvalue weighted by atomic mass is 10.2. The molecule has 8 heteroatoms. The number of hydrazone groups is 1. The van der Waals surface area contributed by atoms with Gasteiger partial charge in [0.05, 0.1) is 26.5 Å². The van der Waals surface area contributed by atoms with Gasteiger partial charge >= 0.3 is 0 Å². The molecule has 0 aliphatic carbocycles. The van der Waals surface area contributed by atoms with Crippen molar-refractivity contribution in [3.63, 3.8) is 0 Å². The van der Waals surface area contributed by atoms with Gasteiger partial charge in [0.1, 0.15) is 5.56 Å². The van der Waals surface area contributed by atoms with Crippen LogP contribution in [0.4, 0.5) is 0 Å². The van der Waals surface area contributed by atoms with Crippen LogP contribution in [0.1, 0.15) is 28.4 Å². The van der Waals surface area contributed by atoms with E-state index in [9.17, 15) is 9.59 Å². The molecule has 1 heterocycles. The van der Waals surface area contributed by atoms with Crippen molar-refractivity contribution in [3.8, 4) is 11.5 Å². The molecule has 0 aliphatic rings. The fraction of sp³-hybridized carbons (Fsp3) is 0.174. The molecule has 1 aromatic heterocycles. The summed E-state index contributed by atoms with van der Waals surface area (Å²) in [7, 11) is 1.55. The second kappa shape index (κ2) is 10.4. The number of ether oxygens (including phenoxy) is 2. The van der Waals surface area contributed by atoms with Gasteiger partial charge in [0.2, 0.25) is 0 Å². The third kappa shape index (κ3) is 5.73. The highest BCUT2D eigenvalue weighted by molar-refractivity contribution is 6.30. The average molecular weight is 440 g/mol. The topological polar surface area (TPSA) is 81.9 Å². The number of benzene rings is 2. The second-order valence-electron chi connectivity index (χ2n) is 6.52. The largest absolute Gasteiger partial charge is 0.493 e. The SMILES string of the molecule is CCOc1ccc(/C=N\NC(=O)c2cccn(Cc3ccc(Cl)cc3)c2=O)cc1OC. The summed E-state index contributed by atoms with van der Waals surface area (Å²) >= 11 is 5.90. The zero-order chi connectivity index (χ0) is 22.2. The van der Waals surface area contributed by atoms with Gasteiger partial charge in [-0.05, 0) is 60.5 Å². The molecule has 0 bridgehead atoms. The van der Waals surface area contributed by atoms with Gasteiger partial charge in [-0.15, -0.1) is 0 Å². The van der Waals surface area contributed by atoms with Crippen molar-refractivity contribution in [3.05, 3.63) is 92.9 Å². The van der Waals surface area contributed by atoms with E-state index in [-0.39, 0.29) is 5.56 Å². The minimum atomic E-state index is -0.593. The average Bonchev–Trinajstić information content (AvgIpc) is 2.77. The lowest BCUT2D eigenvalue weighted by molar-refractivity contribution is 0.0953. The summed E-state index contributed by atoms with van der Waals surface area (Å²) in [6, 6.07) is 15.6. The van der Waals surface area contributed by atoms with E-state index in [0.29, 0.717) is 35.2 Å². The molecule has 3 aromatic rings. The molecule has 0 radical (unpaired) electrons. The van der Waals surface area contributed by atoms with E-state index in [1.54, 1.807) is 49.7 Å². The van der Waals surface area contributed by atoms with Crippen molar-refractivity contribution in [2.24, 2.45) is 5.10 Å². The van der Waals surface area contributed by atoms with Crippen LogP contribution in [-0.4, -0.2) is 30.4 Å². The van der Waals surface area contributed by atoms with E-state index in [0.717, 1.165) is 5.56 Å². The number of nitrogens with one attached hydrogen (secondary N) is 1. The van der Waals surface area contributed by atoms with Gasteiger partial charge < -0.3 is 14.0 Å². The van der Waals surface area contributed by atoms with Crippen LogP contribution in [0.3, 0.4) is 0 Å². The van der Waals surface area contributed by atoms with Crippen molar-refractivity contribution >= 4 is 23.7 Å². The zero-order valence-corrected chi connectivity index (χ0v) is 17.9. The zero-order valence-electron chi connectivity index (χ0n) is 17.2. The maximum atomic E-state index is 12.7. The van der Waals surface area contributed by atoms with Crippen LogP contribution in [-0.2, 0) is 6.54 Å². The molecule has 7 nitrogen and oxygen atoms in total. The van der Waals surface area contributed by atoms with E-state index in [1.165, 1.54) is 16.8 Å². The lowest BCUT2D eigenvalue weighted by Gasteiger charge is -2.09. The van der Waals surface area contributed by atoms with Crippen LogP contribution in [0.25, 0.3) is 0 Å². The van der Waals surface area contributed by atoms with Crippen molar-refractivity contribution < 1.29 is 14.3 Å². The number of aromatic nitrogens is 1. The van der Waals surface area contributed by atoms with E-state index < -0.39 is 11.5 Å². The molecule has 1 amide bonds. The van der Waals surface area contributed by atoms with Gasteiger partial charge in [-0.1, -0.05) is 23.7 Å². The Bertz CT molecular complexity index is 1140. The molecule has 0 atom stereocenters. The van der Waals surface area contributed by atoms with Crippen LogP contribution in [0.15, 0.2) is 70.7 Å². The Morgan fingerprint density at radius 3 is 2.65 bits per heavy atom. The molecule has 0 aliphatic heterocycles. The molecular formula is C23H22ClN3O4. The Morgan fingerprint density at radius 1 is 1.16 bits per heavy atom. The first-order valence-corrected chi connectivity index (χ1v) is 9.97. The van der Waals surface area contributed by atoms with Crippen LogP contribution in [0.5, 0.6) is 11.5 Å². The predicted octanol–water partition coefficient (Wildman–Crippen LogP) is 3.72. The van der Waals surface area contributed by atoms with Crippen molar-refractivity contribution in [2.75, 3.05) is 13.7 Å². The van der Waals surface area contributed by atoms with Crippen LogP contribution in [0, 0.1) is 0 Å². The number of pyridine rings is 1. The Balaban J connectivity index is 1.71. The second-order valence-corrected chi connectivity index (χ2v) is 6.96. The molecule has 1 N–H and O–H groups in total. The van der Waals surface area contributed by atoms with Gasteiger partial charge in [-0.3, -0.25) is 9.59 Å². The number of methoxy groups -OCH3 is 1. The van der Waals surface area contributed by atoms with E-state index in [4.69, 9.17) is 21.1 Å². The maximum Gasteiger partial charge on any atom is 0.276 e. The molecule has 0 saturated heterocycles. The number of rotatable bonds is 8. The predicted molar refractivity (Wildman–Crippen MR) is 120 cm³/mol. The monoisotopic (exact) mass is 439 g/mol. The number of carbonyl (C=O) groups excluding carboxylic acids is 1. The van der Waals surface area contributed by atoms with Crippen molar-refractivity contribution in [1.29, 1.82) is 0 Å². The van der Waals surface area contributed by atoms with Crippen LogP contribution in [0.2, 0.25) is 5.02 Å². The summed E-state index contributed by atoms with van der Waals surface area (Å²) in [5.74, 6) is 0.589. The summed E-state index contributed by atoms with van der Waals surface area (Å²) < 4.78 is 12.2. The van der Waals surface area contributed by atoms with Gasteiger partial charge in [0.15, 0.2) is 11.5 Å². The number of hydrogen-bond donors (Lipinski definition) is 1. The molecular weight excluding hydrogens is 418 g/mol. The van der Waals surface area contributed by atoms with Gasteiger partial charge in [-0.25, -0.2) is 5.43 Å². The number of hydrogen-bond acceptors (Lipinski definition) is 5. The minimum Gasteiger partial charge on any atom is -0.493 e. The molecule has 0 unspecified atom stereocenters. The molecule has 160 valence electrons. The number of nitrogens with zero attached hydrogens (tertiary/aromatic N) is 2. The summed E-state index contributed by atoms with van der Waals surface area (Å²) in [5.41, 5.74) is 3.58. The van der Waals surface area contributed by atoms with Gasteiger partial charge in [0, 0.05) is 11.2 Å². The van der Waals surface area contributed by atoms with E-state index in [2.05, 4.69) is 10.5 Å². The third-order valence-corrected chi connectivity index (χ3v) is 4.65. The minimum absolute atomic E-state index is 0.00196. The summed E-state index contributed by atoms with van der Waals surface area (Å²) in [5, 5.41) is 4.57. The molecule has 0 spiro atoms. The first-order valence-electron chi connectivity index (χ1n) is 9.60. The first kappa shape index (κ1) is 22.1. The Kier molecular flexibility index (Phi) is 7.45. The lowest BCUT2D eigenvalue weighted by Crippen LogP contribution is -2.30. The third-order valence-electron chi connectivity index (χ3n) is 4.40. The highest BCUT2D eigenvalue weighted by atomic mass is 35.5. The maximum absolute atomic E-state index is 12.7. The van der Waals surface area contributed by atoms with Gasteiger partial charge in [-0.2, -0.15) is 5.10 Å². The summed E-state index contributed by atoms with van der Waals surface area (Å²) in [4.78, 5) is 25.2. The number of carbonyl (C=O) groups is 1. The number of halogens is 1. The molecule has 2 aromatic carbocycles. The quantitative estimate of drug-likeness (QED) is 0.428. The standard InChI is InChI=1S/C23H22ClN3O4/c1-3-31-20-11-8-17(13-21(20)30-2)14-25-26-22(28)19-5-4-12-27(23(19)29)15-16-6-9-18(24)10-7-16/h4-14H,3,15H2,1-2H3,(H,26,28)/b25-14-. The summed E-state index contributed by atoms with van der Waals surface area (Å²) in [6.07, 6.45) is 3.09. The highest BCUT2D eigenvalue weighted by Gasteiger charge is 2.12. The fourth-order valence-corrected chi connectivity index (χ4v) is 3.01. The molecule has 3 rings (SSSR count). The Hall–Kier alpha value is -3.58. The summed E-state index contributed by atoms with van der Waals surface area (Å²) in [6.45, 7) is 2.73. The first-order chi connectivity index (χ1) is 15.0. The Morgan fingerprint density at radius 2 is 1.94 bits per heavy atom. The fourth-order valence-electron chi connectivity index (χ4n) is 2.89. The smallest absolute Gasteiger partial charge is 0.276 e. The molecule has 31 heavy (non-hydrogen) atoms. The Labute approximate surface area is 184 Å². The van der Waals surface area contributed by atoms with Crippen LogP contribution >= 0.6 is 11.6 Å². The normalized spacial score (nSPS) is 10.8. The molecule has 0 saturated carbocycles. The van der Waals surface area contributed by atoms with E-state index >= 15 is 0 Å². The highest BCUT2D eigenvalue weighted by Crippen LogP contribution is 2.27.